The summed E-state index contributed by atoms with van der Waals surface area (Å²) in [7, 11) is 0. The fourth-order valence-electron chi connectivity index (χ4n) is 3.10. The zero-order valence-corrected chi connectivity index (χ0v) is 14.4. The molecule has 2 aromatic rings. The van der Waals surface area contributed by atoms with Gasteiger partial charge in [-0.25, -0.2) is 4.39 Å². The molecule has 0 atom stereocenters. The highest BCUT2D eigenvalue weighted by atomic mass is 79.9. The number of nitrogens with zero attached hydrogens (tertiary/aromatic N) is 1. The van der Waals surface area contributed by atoms with Crippen molar-refractivity contribution in [2.75, 3.05) is 31.1 Å². The molecule has 0 aromatic heterocycles. The molecule has 0 spiro atoms. The van der Waals surface area contributed by atoms with E-state index in [2.05, 4.69) is 52.0 Å². The summed E-state index contributed by atoms with van der Waals surface area (Å²) in [5, 5.41) is 0. The third kappa shape index (κ3) is 3.50. The summed E-state index contributed by atoms with van der Waals surface area (Å²) in [6.45, 7) is 7.50. The van der Waals surface area contributed by atoms with E-state index in [0.717, 1.165) is 32.7 Å². The van der Waals surface area contributed by atoms with Gasteiger partial charge in [-0.05, 0) is 46.6 Å². The molecule has 0 unspecified atom stereocenters. The van der Waals surface area contributed by atoms with Crippen LogP contribution in [-0.4, -0.2) is 26.2 Å². The molecule has 3 rings (SSSR count). The van der Waals surface area contributed by atoms with Crippen molar-refractivity contribution in [1.29, 1.82) is 0 Å². The first-order valence-electron chi connectivity index (χ1n) is 7.71. The topological polar surface area (TPSA) is 7.68 Å². The normalized spacial score (nSPS) is 16.0. The molecule has 1 fully saturated rings. The van der Waals surface area contributed by atoms with Gasteiger partial charge >= 0.3 is 0 Å². The van der Waals surface area contributed by atoms with E-state index in [9.17, 15) is 4.39 Å². The molecule has 116 valence electrons. The lowest BCUT2D eigenvalue weighted by atomic mass is 10.1. The Morgan fingerprint density at radius 3 is 2.55 bits per heavy atom. The zero-order chi connectivity index (χ0) is 15.5. The maximum atomic E-state index is 13.3. The minimum atomic E-state index is -0.192. The molecule has 22 heavy (non-hydrogen) atoms. The van der Waals surface area contributed by atoms with Crippen molar-refractivity contribution in [1.82, 2.24) is 0 Å². The van der Waals surface area contributed by atoms with E-state index in [1.807, 2.05) is 12.1 Å². The molecule has 0 radical (unpaired) electrons. The molecule has 0 aliphatic carbocycles. The summed E-state index contributed by atoms with van der Waals surface area (Å²) in [5.41, 5.74) is 3.88. The predicted octanol–water partition coefficient (Wildman–Crippen LogP) is 2.80. The van der Waals surface area contributed by atoms with E-state index in [0.29, 0.717) is 4.47 Å². The molecule has 0 saturated carbocycles. The number of para-hydroxylation sites is 1. The molecule has 4 heteroatoms. The van der Waals surface area contributed by atoms with Gasteiger partial charge in [0.1, 0.15) is 12.4 Å². The standard InChI is InChI=1S/C18H20BrFN2/c1-14-4-2-3-5-18(14)22-10-8-21(9-11-22)13-15-6-7-17(20)16(19)12-15/h2-7,12H,8-11,13H2,1H3/p+1. The first-order chi connectivity index (χ1) is 10.6. The molecule has 1 saturated heterocycles. The predicted molar refractivity (Wildman–Crippen MR) is 91.9 cm³/mol. The molecular formula is C18H21BrFN2+. The zero-order valence-electron chi connectivity index (χ0n) is 12.8. The van der Waals surface area contributed by atoms with Crippen molar-refractivity contribution in [3.8, 4) is 0 Å². The SMILES string of the molecule is Cc1ccccc1N1CC[NH+](Cc2ccc(F)c(Br)c2)CC1. The third-order valence-corrected chi connectivity index (χ3v) is 4.97. The van der Waals surface area contributed by atoms with Gasteiger partial charge in [0.15, 0.2) is 0 Å². The van der Waals surface area contributed by atoms with Gasteiger partial charge in [-0.2, -0.15) is 0 Å². The highest BCUT2D eigenvalue weighted by Gasteiger charge is 2.21. The second-order valence-electron chi connectivity index (χ2n) is 5.95. The van der Waals surface area contributed by atoms with Gasteiger partial charge in [-0.3, -0.25) is 0 Å². The molecular weight excluding hydrogens is 343 g/mol. The van der Waals surface area contributed by atoms with Crippen molar-refractivity contribution >= 4 is 21.6 Å². The average molecular weight is 364 g/mol. The number of anilines is 1. The summed E-state index contributed by atoms with van der Waals surface area (Å²) >= 11 is 3.27. The Morgan fingerprint density at radius 1 is 1.14 bits per heavy atom. The highest BCUT2D eigenvalue weighted by molar-refractivity contribution is 9.10. The van der Waals surface area contributed by atoms with Gasteiger partial charge in [0.2, 0.25) is 0 Å². The van der Waals surface area contributed by atoms with E-state index in [-0.39, 0.29) is 5.82 Å². The van der Waals surface area contributed by atoms with Gasteiger partial charge < -0.3 is 9.80 Å². The van der Waals surface area contributed by atoms with Gasteiger partial charge in [0, 0.05) is 11.3 Å². The molecule has 2 aromatic carbocycles. The van der Waals surface area contributed by atoms with E-state index in [1.54, 1.807) is 11.0 Å². The van der Waals surface area contributed by atoms with Crippen molar-refractivity contribution < 1.29 is 9.29 Å². The van der Waals surface area contributed by atoms with Crippen molar-refractivity contribution in [3.63, 3.8) is 0 Å². The van der Waals surface area contributed by atoms with Crippen LogP contribution in [0.1, 0.15) is 11.1 Å². The number of benzene rings is 2. The Balaban J connectivity index is 1.60. The van der Waals surface area contributed by atoms with Gasteiger partial charge in [0.05, 0.1) is 30.7 Å². The molecule has 0 bridgehead atoms. The van der Waals surface area contributed by atoms with Gasteiger partial charge in [0.25, 0.3) is 0 Å². The molecule has 1 heterocycles. The van der Waals surface area contributed by atoms with Crippen LogP contribution in [0.25, 0.3) is 0 Å². The number of aryl methyl sites for hydroxylation is 1. The van der Waals surface area contributed by atoms with Crippen molar-refractivity contribution in [2.24, 2.45) is 0 Å². The first-order valence-corrected chi connectivity index (χ1v) is 8.51. The summed E-state index contributed by atoms with van der Waals surface area (Å²) in [4.78, 5) is 4.03. The smallest absolute Gasteiger partial charge is 0.137 e. The summed E-state index contributed by atoms with van der Waals surface area (Å²) in [6.07, 6.45) is 0. The monoisotopic (exact) mass is 363 g/mol. The summed E-state index contributed by atoms with van der Waals surface area (Å²) in [6, 6.07) is 13.9. The van der Waals surface area contributed by atoms with Crippen LogP contribution in [0.3, 0.4) is 0 Å². The number of nitrogens with one attached hydrogen (secondary N) is 1. The van der Waals surface area contributed by atoms with Crippen molar-refractivity contribution in [3.05, 3.63) is 63.9 Å². The van der Waals surface area contributed by atoms with Crippen LogP contribution in [0.4, 0.5) is 10.1 Å². The number of hydrogen-bond donors (Lipinski definition) is 1. The molecule has 1 N–H and O–H groups in total. The number of hydrogen-bond acceptors (Lipinski definition) is 1. The second-order valence-corrected chi connectivity index (χ2v) is 6.80. The van der Waals surface area contributed by atoms with E-state index >= 15 is 0 Å². The molecule has 1 aliphatic heterocycles. The van der Waals surface area contributed by atoms with E-state index < -0.39 is 0 Å². The lowest BCUT2D eigenvalue weighted by Crippen LogP contribution is -3.13. The molecule has 0 amide bonds. The van der Waals surface area contributed by atoms with E-state index in [4.69, 9.17) is 0 Å². The van der Waals surface area contributed by atoms with E-state index in [1.165, 1.54) is 16.8 Å². The fraction of sp³-hybridized carbons (Fsp3) is 0.333. The highest BCUT2D eigenvalue weighted by Crippen LogP contribution is 2.19. The number of rotatable bonds is 3. The lowest BCUT2D eigenvalue weighted by Gasteiger charge is -2.34. The van der Waals surface area contributed by atoms with Crippen LogP contribution < -0.4 is 9.80 Å². The minimum Gasteiger partial charge on any atom is -0.360 e. The largest absolute Gasteiger partial charge is 0.360 e. The van der Waals surface area contributed by atoms with Gasteiger partial charge in [-0.1, -0.05) is 24.3 Å². The van der Waals surface area contributed by atoms with Crippen LogP contribution in [0.5, 0.6) is 0 Å². The number of halogens is 2. The Bertz CT molecular complexity index is 651. The molecule has 2 nitrogen and oxygen atoms in total. The Labute approximate surface area is 139 Å². The summed E-state index contributed by atoms with van der Waals surface area (Å²) in [5.74, 6) is -0.192. The van der Waals surface area contributed by atoms with Gasteiger partial charge in [-0.15, -0.1) is 0 Å². The Hall–Kier alpha value is -1.39. The first kappa shape index (κ1) is 15.5. The maximum absolute atomic E-state index is 13.3. The lowest BCUT2D eigenvalue weighted by molar-refractivity contribution is -0.914. The van der Waals surface area contributed by atoms with Crippen molar-refractivity contribution in [2.45, 2.75) is 13.5 Å². The van der Waals surface area contributed by atoms with Crippen LogP contribution >= 0.6 is 15.9 Å². The quantitative estimate of drug-likeness (QED) is 0.880. The fourth-order valence-corrected chi connectivity index (χ4v) is 3.52. The second kappa shape index (κ2) is 6.80. The Kier molecular flexibility index (Phi) is 4.79. The number of piperazine rings is 1. The number of quaternary nitrogens is 1. The average Bonchev–Trinajstić information content (AvgIpc) is 2.52. The minimum absolute atomic E-state index is 0.192. The van der Waals surface area contributed by atoms with Crippen LogP contribution in [0.2, 0.25) is 0 Å². The summed E-state index contributed by atoms with van der Waals surface area (Å²) < 4.78 is 13.9. The van der Waals surface area contributed by atoms with Crippen LogP contribution in [0.15, 0.2) is 46.9 Å². The molecule has 1 aliphatic rings. The van der Waals surface area contributed by atoms with Crippen LogP contribution in [0, 0.1) is 12.7 Å². The Morgan fingerprint density at radius 2 is 1.86 bits per heavy atom. The maximum Gasteiger partial charge on any atom is 0.137 e. The third-order valence-electron chi connectivity index (χ3n) is 4.36. The van der Waals surface area contributed by atoms with Crippen LogP contribution in [-0.2, 0) is 6.54 Å².